The number of carbonyl (C=O) groups is 1. The lowest BCUT2D eigenvalue weighted by atomic mass is 9.83. The highest BCUT2D eigenvalue weighted by atomic mass is 32.2. The smallest absolute Gasteiger partial charge is 0.167 e. The monoisotopic (exact) mass is 333 g/mol. The molecule has 1 aromatic rings. The first-order valence-electron chi connectivity index (χ1n) is 7.82. The van der Waals surface area contributed by atoms with Gasteiger partial charge in [0.2, 0.25) is 0 Å². The Bertz CT molecular complexity index is 758. The van der Waals surface area contributed by atoms with Crippen molar-refractivity contribution in [1.29, 1.82) is 5.26 Å². The van der Waals surface area contributed by atoms with Crippen LogP contribution in [-0.4, -0.2) is 31.8 Å². The van der Waals surface area contributed by atoms with Crippen molar-refractivity contribution in [3.8, 4) is 11.8 Å². The van der Waals surface area contributed by atoms with E-state index in [1.54, 1.807) is 18.2 Å². The maximum Gasteiger partial charge on any atom is 0.167 e. The number of ketones is 1. The molecule has 0 spiro atoms. The molecule has 2 heterocycles. The van der Waals surface area contributed by atoms with Crippen molar-refractivity contribution in [3.05, 3.63) is 29.3 Å². The number of hydrogen-bond acceptors (Lipinski definition) is 5. The second-order valence-electron chi connectivity index (χ2n) is 6.32. The Morgan fingerprint density at radius 3 is 2.48 bits per heavy atom. The Hall–Kier alpha value is -1.87. The molecule has 0 radical (unpaired) electrons. The Kier molecular flexibility index (Phi) is 4.15. The standard InChI is InChI=1S/C17H19NO4S/c1-22-13-6-5-11(10-18)16(9-13)17(19)12-7-14-3-2-4-15(8-12)23(14,20)21/h5-6,9,12,14-15H,2-4,7-8H2,1H3. The Balaban J connectivity index is 1.92. The fourth-order valence-corrected chi connectivity index (χ4v) is 6.33. The molecule has 2 aliphatic rings. The van der Waals surface area contributed by atoms with Gasteiger partial charge in [-0.25, -0.2) is 8.42 Å². The summed E-state index contributed by atoms with van der Waals surface area (Å²) in [4.78, 5) is 12.9. The van der Waals surface area contributed by atoms with Crippen molar-refractivity contribution >= 4 is 15.6 Å². The number of benzene rings is 1. The van der Waals surface area contributed by atoms with Crippen LogP contribution >= 0.6 is 0 Å². The lowest BCUT2D eigenvalue weighted by molar-refractivity contribution is 0.0893. The molecule has 2 atom stereocenters. The number of carbonyl (C=O) groups excluding carboxylic acids is 1. The maximum atomic E-state index is 12.9. The molecule has 5 nitrogen and oxygen atoms in total. The van der Waals surface area contributed by atoms with Gasteiger partial charge in [-0.15, -0.1) is 0 Å². The zero-order valence-electron chi connectivity index (χ0n) is 13.0. The molecular weight excluding hydrogens is 314 g/mol. The van der Waals surface area contributed by atoms with E-state index in [9.17, 15) is 18.5 Å². The van der Waals surface area contributed by atoms with Crippen molar-refractivity contribution in [2.45, 2.75) is 42.6 Å². The predicted octanol–water partition coefficient (Wildman–Crippen LogP) is 2.50. The highest BCUT2D eigenvalue weighted by Crippen LogP contribution is 2.40. The van der Waals surface area contributed by atoms with Gasteiger partial charge in [0, 0.05) is 11.5 Å². The zero-order chi connectivity index (χ0) is 16.6. The summed E-state index contributed by atoms with van der Waals surface area (Å²) in [6.07, 6.45) is 2.95. The Labute approximate surface area is 136 Å². The minimum absolute atomic E-state index is 0.132. The molecule has 122 valence electrons. The molecule has 2 aliphatic heterocycles. The van der Waals surface area contributed by atoms with Gasteiger partial charge in [0.15, 0.2) is 15.6 Å². The van der Waals surface area contributed by atoms with Crippen LogP contribution in [-0.2, 0) is 9.84 Å². The third-order valence-electron chi connectivity index (χ3n) is 5.06. The SMILES string of the molecule is COc1ccc(C#N)c(C(=O)C2CC3CCCC(C2)S3(=O)=O)c1. The largest absolute Gasteiger partial charge is 0.497 e. The van der Waals surface area contributed by atoms with Gasteiger partial charge in [-0.2, -0.15) is 5.26 Å². The van der Waals surface area contributed by atoms with Crippen LogP contribution in [0.25, 0.3) is 0 Å². The van der Waals surface area contributed by atoms with Gasteiger partial charge in [0.05, 0.1) is 29.2 Å². The van der Waals surface area contributed by atoms with Crippen molar-refractivity contribution < 1.29 is 17.9 Å². The molecule has 0 amide bonds. The fourth-order valence-electron chi connectivity index (χ4n) is 3.79. The van der Waals surface area contributed by atoms with Crippen molar-refractivity contribution in [2.24, 2.45) is 5.92 Å². The van der Waals surface area contributed by atoms with Gasteiger partial charge in [-0.3, -0.25) is 4.79 Å². The molecule has 6 heteroatoms. The number of hydrogen-bond donors (Lipinski definition) is 0. The van der Waals surface area contributed by atoms with E-state index in [4.69, 9.17) is 4.74 Å². The number of methoxy groups -OCH3 is 1. The van der Waals surface area contributed by atoms with E-state index in [2.05, 4.69) is 0 Å². The van der Waals surface area contributed by atoms with Crippen molar-refractivity contribution in [3.63, 3.8) is 0 Å². The van der Waals surface area contributed by atoms with Gasteiger partial charge >= 0.3 is 0 Å². The summed E-state index contributed by atoms with van der Waals surface area (Å²) >= 11 is 0. The molecule has 0 saturated carbocycles. The maximum absolute atomic E-state index is 12.9. The van der Waals surface area contributed by atoms with E-state index in [1.165, 1.54) is 7.11 Å². The minimum Gasteiger partial charge on any atom is -0.497 e. The highest BCUT2D eigenvalue weighted by Gasteiger charge is 2.46. The molecule has 0 aromatic heterocycles. The topological polar surface area (TPSA) is 84.2 Å². The average Bonchev–Trinajstić information content (AvgIpc) is 2.52. The van der Waals surface area contributed by atoms with E-state index in [-0.39, 0.29) is 11.7 Å². The number of sulfone groups is 1. The van der Waals surface area contributed by atoms with Crippen LogP contribution in [0.15, 0.2) is 18.2 Å². The van der Waals surface area contributed by atoms with Crippen LogP contribution < -0.4 is 4.74 Å². The fraction of sp³-hybridized carbons (Fsp3) is 0.529. The van der Waals surface area contributed by atoms with Gasteiger partial charge in [-0.05, 0) is 43.9 Å². The third kappa shape index (κ3) is 2.74. The summed E-state index contributed by atoms with van der Waals surface area (Å²) in [5, 5.41) is 8.43. The molecule has 2 unspecified atom stereocenters. The van der Waals surface area contributed by atoms with Crippen LogP contribution in [0.3, 0.4) is 0 Å². The first-order valence-corrected chi connectivity index (χ1v) is 9.43. The molecule has 0 aliphatic carbocycles. The van der Waals surface area contributed by atoms with Crippen molar-refractivity contribution in [2.75, 3.05) is 7.11 Å². The van der Waals surface area contributed by atoms with Gasteiger partial charge in [-0.1, -0.05) is 6.42 Å². The number of fused-ring (bicyclic) bond motifs is 2. The van der Waals surface area contributed by atoms with Crippen LogP contribution in [0.1, 0.15) is 48.0 Å². The lowest BCUT2D eigenvalue weighted by Crippen LogP contribution is -2.45. The lowest BCUT2D eigenvalue weighted by Gasteiger charge is -2.38. The number of nitrogens with zero attached hydrogens (tertiary/aromatic N) is 1. The number of Topliss-reactive ketones (excluding diaryl/α,β-unsaturated/α-hetero) is 1. The number of ether oxygens (including phenoxy) is 1. The first kappa shape index (κ1) is 16.0. The van der Waals surface area contributed by atoms with E-state index in [0.717, 1.165) is 6.42 Å². The summed E-state index contributed by atoms with van der Waals surface area (Å²) in [5.74, 6) is 0.0660. The molecular formula is C17H19NO4S. The van der Waals surface area contributed by atoms with Gasteiger partial charge in [0.25, 0.3) is 0 Å². The normalized spacial score (nSPS) is 28.6. The Morgan fingerprint density at radius 1 is 1.26 bits per heavy atom. The van der Waals surface area contributed by atoms with Gasteiger partial charge in [0.1, 0.15) is 5.75 Å². The molecule has 2 saturated heterocycles. The average molecular weight is 333 g/mol. The molecule has 3 rings (SSSR count). The summed E-state index contributed by atoms with van der Waals surface area (Å²) in [6.45, 7) is 0. The molecule has 0 N–H and O–H groups in total. The number of nitriles is 1. The van der Waals surface area contributed by atoms with E-state index in [0.29, 0.717) is 42.6 Å². The molecule has 2 fully saturated rings. The van der Waals surface area contributed by atoms with E-state index >= 15 is 0 Å². The summed E-state index contributed by atoms with van der Waals surface area (Å²) in [5.41, 5.74) is 0.656. The minimum atomic E-state index is -3.08. The quantitative estimate of drug-likeness (QED) is 0.794. The summed E-state index contributed by atoms with van der Waals surface area (Å²) < 4.78 is 29.8. The van der Waals surface area contributed by atoms with Crippen molar-refractivity contribution in [1.82, 2.24) is 0 Å². The van der Waals surface area contributed by atoms with Gasteiger partial charge < -0.3 is 4.74 Å². The van der Waals surface area contributed by atoms with E-state index in [1.807, 2.05) is 6.07 Å². The Morgan fingerprint density at radius 2 is 1.91 bits per heavy atom. The summed E-state index contributed by atoms with van der Waals surface area (Å²) in [6, 6.07) is 6.85. The highest BCUT2D eigenvalue weighted by molar-refractivity contribution is 7.92. The van der Waals surface area contributed by atoms with Crippen LogP contribution in [0, 0.1) is 17.2 Å². The van der Waals surface area contributed by atoms with Crippen LogP contribution in [0.2, 0.25) is 0 Å². The third-order valence-corrected chi connectivity index (χ3v) is 7.77. The molecule has 23 heavy (non-hydrogen) atoms. The second kappa shape index (κ2) is 5.97. The van der Waals surface area contributed by atoms with Crippen LogP contribution in [0.4, 0.5) is 0 Å². The predicted molar refractivity (Wildman–Crippen MR) is 85.1 cm³/mol. The zero-order valence-corrected chi connectivity index (χ0v) is 13.8. The first-order chi connectivity index (χ1) is 11.0. The second-order valence-corrected chi connectivity index (χ2v) is 8.83. The van der Waals surface area contributed by atoms with E-state index < -0.39 is 20.3 Å². The number of rotatable bonds is 3. The molecule has 1 aromatic carbocycles. The molecule has 2 bridgehead atoms. The summed E-state index contributed by atoms with van der Waals surface area (Å²) in [7, 11) is -1.58. The van der Waals surface area contributed by atoms with Crippen LogP contribution in [0.5, 0.6) is 5.75 Å².